The first kappa shape index (κ1) is 25.9. The zero-order valence-corrected chi connectivity index (χ0v) is 21.4. The van der Waals surface area contributed by atoms with E-state index in [1.54, 1.807) is 24.5 Å². The van der Waals surface area contributed by atoms with Gasteiger partial charge in [-0.15, -0.1) is 0 Å². The summed E-state index contributed by atoms with van der Waals surface area (Å²) in [6.45, 7) is 4.25. The molecule has 1 aliphatic rings. The summed E-state index contributed by atoms with van der Waals surface area (Å²) in [5, 5.41) is 21.8. The molecule has 0 unspecified atom stereocenters. The zero-order chi connectivity index (χ0) is 25.9. The second kappa shape index (κ2) is 10.8. The third-order valence-corrected chi connectivity index (χ3v) is 6.53. The van der Waals surface area contributed by atoms with Crippen molar-refractivity contribution in [3.63, 3.8) is 0 Å². The summed E-state index contributed by atoms with van der Waals surface area (Å²) < 4.78 is 11.4. The van der Waals surface area contributed by atoms with Crippen molar-refractivity contribution >= 4 is 40.5 Å². The monoisotopic (exact) mass is 531 g/mol. The molecule has 3 aromatic rings. The van der Waals surface area contributed by atoms with E-state index in [-0.39, 0.29) is 24.5 Å². The Morgan fingerprint density at radius 2 is 1.83 bits per heavy atom. The first-order valence-electron chi connectivity index (χ1n) is 11.1. The van der Waals surface area contributed by atoms with Gasteiger partial charge in [-0.2, -0.15) is 0 Å². The minimum absolute atomic E-state index is 0.0764. The molecule has 0 bridgehead atoms. The van der Waals surface area contributed by atoms with Crippen LogP contribution in [0.3, 0.4) is 0 Å². The number of nitrogens with one attached hydrogen (secondary N) is 2. The molecule has 5 N–H and O–H groups in total. The van der Waals surface area contributed by atoms with E-state index in [1.165, 1.54) is 19.5 Å². The Morgan fingerprint density at radius 3 is 2.44 bits per heavy atom. The highest BCUT2D eigenvalue weighted by molar-refractivity contribution is 6.35. The van der Waals surface area contributed by atoms with E-state index < -0.39 is 0 Å². The number of nitrogen functional groups attached to an aromatic ring is 1. The maximum absolute atomic E-state index is 9.02. The van der Waals surface area contributed by atoms with Gasteiger partial charge >= 0.3 is 0 Å². The maximum atomic E-state index is 9.02. The quantitative estimate of drug-likeness (QED) is 0.229. The molecule has 2 aromatic heterocycles. The molecular weight excluding hydrogens is 505 g/mol. The van der Waals surface area contributed by atoms with Crippen LogP contribution in [0.25, 0.3) is 0 Å². The molecule has 10 nitrogen and oxygen atoms in total. The lowest BCUT2D eigenvalue weighted by molar-refractivity contribution is 0.231. The standard InChI is InChI=1S/C24H27Cl2N7O3/c1-24(32-3-4-34)12-33(13-24)23-30-7-14(8-31-23)22(28)15-5-21(20(35-2)6-19(15)27)36-11-16-17(25)9-29-10-18(16)26/h5-10,28,32,34H,3-4,11-13,27H2,1-2H3. The number of hydrogen-bond donors (Lipinski definition) is 4. The molecule has 0 spiro atoms. The minimum atomic E-state index is -0.0872. The predicted octanol–water partition coefficient (Wildman–Crippen LogP) is 2.92. The first-order chi connectivity index (χ1) is 17.2. The van der Waals surface area contributed by atoms with Crippen molar-refractivity contribution in [2.45, 2.75) is 19.1 Å². The summed E-state index contributed by atoms with van der Waals surface area (Å²) in [5.74, 6) is 1.36. The molecule has 0 saturated carbocycles. The molecular formula is C24H27Cl2N7O3. The van der Waals surface area contributed by atoms with E-state index >= 15 is 0 Å². The Labute approximate surface area is 218 Å². The van der Waals surface area contributed by atoms with E-state index in [9.17, 15) is 0 Å². The van der Waals surface area contributed by atoms with E-state index in [4.69, 9.17) is 48.9 Å². The van der Waals surface area contributed by atoms with Gasteiger partial charge in [0.2, 0.25) is 5.95 Å². The van der Waals surface area contributed by atoms with Crippen LogP contribution in [-0.2, 0) is 6.61 Å². The number of benzene rings is 1. The molecule has 3 heterocycles. The van der Waals surface area contributed by atoms with Crippen LogP contribution < -0.4 is 25.4 Å². The van der Waals surface area contributed by atoms with Crippen molar-refractivity contribution in [2.24, 2.45) is 0 Å². The van der Waals surface area contributed by atoms with E-state index in [0.717, 1.165) is 13.1 Å². The summed E-state index contributed by atoms with van der Waals surface area (Å²) in [7, 11) is 1.51. The fourth-order valence-electron chi connectivity index (χ4n) is 3.97. The van der Waals surface area contributed by atoms with Crippen LogP contribution in [0.4, 0.5) is 11.6 Å². The number of rotatable bonds is 10. The van der Waals surface area contributed by atoms with Crippen molar-refractivity contribution in [1.82, 2.24) is 20.3 Å². The fourth-order valence-corrected chi connectivity index (χ4v) is 4.44. The molecule has 36 heavy (non-hydrogen) atoms. The summed E-state index contributed by atoms with van der Waals surface area (Å²) in [5.41, 5.74) is 8.17. The Hall–Kier alpha value is -3.18. The van der Waals surface area contributed by atoms with Crippen LogP contribution in [0.15, 0.2) is 36.9 Å². The lowest BCUT2D eigenvalue weighted by atomic mass is 9.92. The highest BCUT2D eigenvalue weighted by Gasteiger charge is 2.39. The van der Waals surface area contributed by atoms with Gasteiger partial charge < -0.3 is 30.5 Å². The lowest BCUT2D eigenvalue weighted by Crippen LogP contribution is -2.68. The molecule has 0 atom stereocenters. The normalized spacial score (nSPS) is 14.3. The van der Waals surface area contributed by atoms with Gasteiger partial charge in [-0.3, -0.25) is 10.4 Å². The number of hydrogen-bond acceptors (Lipinski definition) is 10. The smallest absolute Gasteiger partial charge is 0.225 e. The molecule has 1 fully saturated rings. The molecule has 1 saturated heterocycles. The molecule has 1 aromatic carbocycles. The second-order valence-electron chi connectivity index (χ2n) is 8.67. The van der Waals surface area contributed by atoms with Crippen molar-refractivity contribution in [2.75, 3.05) is 44.0 Å². The molecule has 4 rings (SSSR count). The number of nitrogens with two attached hydrogens (primary N) is 1. The average molecular weight is 532 g/mol. The topological polar surface area (TPSA) is 142 Å². The van der Waals surface area contributed by atoms with Crippen molar-refractivity contribution in [3.8, 4) is 11.5 Å². The number of ether oxygens (including phenoxy) is 2. The summed E-state index contributed by atoms with van der Waals surface area (Å²) in [6.07, 6.45) is 6.18. The number of aliphatic hydroxyl groups excluding tert-OH is 1. The number of aliphatic hydroxyl groups is 1. The highest BCUT2D eigenvalue weighted by Crippen LogP contribution is 2.35. The van der Waals surface area contributed by atoms with Crippen molar-refractivity contribution in [1.29, 1.82) is 5.41 Å². The Kier molecular flexibility index (Phi) is 7.79. The summed E-state index contributed by atoms with van der Waals surface area (Å²) in [4.78, 5) is 14.9. The van der Waals surface area contributed by atoms with Gasteiger partial charge in [-0.25, -0.2) is 9.97 Å². The first-order valence-corrected chi connectivity index (χ1v) is 11.9. The summed E-state index contributed by atoms with van der Waals surface area (Å²) in [6, 6.07) is 3.24. The van der Waals surface area contributed by atoms with Gasteiger partial charge in [0.25, 0.3) is 0 Å². The third-order valence-electron chi connectivity index (χ3n) is 5.88. The molecule has 190 valence electrons. The van der Waals surface area contributed by atoms with Gasteiger partial charge in [0.15, 0.2) is 11.5 Å². The highest BCUT2D eigenvalue weighted by atomic mass is 35.5. The molecule has 0 amide bonds. The number of pyridine rings is 1. The van der Waals surface area contributed by atoms with Crippen LogP contribution in [0.5, 0.6) is 11.5 Å². The van der Waals surface area contributed by atoms with Crippen LogP contribution >= 0.6 is 23.2 Å². The van der Waals surface area contributed by atoms with Gasteiger partial charge in [0.05, 0.1) is 35.0 Å². The van der Waals surface area contributed by atoms with Crippen molar-refractivity contribution < 1.29 is 14.6 Å². The second-order valence-corrected chi connectivity index (χ2v) is 9.49. The van der Waals surface area contributed by atoms with Crippen molar-refractivity contribution in [3.05, 3.63) is 63.7 Å². The average Bonchev–Trinajstić information content (AvgIpc) is 2.85. The lowest BCUT2D eigenvalue weighted by Gasteiger charge is -2.48. The molecule has 1 aliphatic heterocycles. The van der Waals surface area contributed by atoms with Crippen LogP contribution in [0.1, 0.15) is 23.6 Å². The van der Waals surface area contributed by atoms with Gasteiger partial charge in [-0.05, 0) is 13.0 Å². The van der Waals surface area contributed by atoms with Gasteiger partial charge in [-0.1, -0.05) is 23.2 Å². The van der Waals surface area contributed by atoms with Crippen LogP contribution in [-0.4, -0.2) is 64.7 Å². The number of halogens is 2. The largest absolute Gasteiger partial charge is 0.493 e. The fraction of sp³-hybridized carbons (Fsp3) is 0.333. The predicted molar refractivity (Wildman–Crippen MR) is 140 cm³/mol. The number of β-amino-alcohol motifs (C(OH)–C–C–N with tert-alkyl or cyclic N) is 1. The van der Waals surface area contributed by atoms with E-state index in [0.29, 0.717) is 56.4 Å². The Bertz CT molecular complexity index is 1230. The molecule has 0 aliphatic carbocycles. The van der Waals surface area contributed by atoms with Gasteiger partial charge in [0.1, 0.15) is 6.61 Å². The number of aromatic nitrogens is 3. The molecule has 0 radical (unpaired) electrons. The minimum Gasteiger partial charge on any atom is -0.493 e. The van der Waals surface area contributed by atoms with Gasteiger partial charge in [0, 0.05) is 72.9 Å². The SMILES string of the molecule is COc1cc(N)c(C(=N)c2cnc(N3CC(C)(NCCO)C3)nc2)cc1OCc1c(Cl)cncc1Cl. The number of anilines is 2. The number of nitrogens with zero attached hydrogens (tertiary/aromatic N) is 4. The van der Waals surface area contributed by atoms with Crippen LogP contribution in [0.2, 0.25) is 10.0 Å². The Morgan fingerprint density at radius 1 is 1.17 bits per heavy atom. The van der Waals surface area contributed by atoms with E-state index in [1.807, 2.05) is 4.90 Å². The number of methoxy groups -OCH3 is 1. The van der Waals surface area contributed by atoms with E-state index in [2.05, 4.69) is 27.2 Å². The Balaban J connectivity index is 1.50. The summed E-state index contributed by atoms with van der Waals surface area (Å²) >= 11 is 12.4. The zero-order valence-electron chi connectivity index (χ0n) is 19.9. The maximum Gasteiger partial charge on any atom is 0.225 e. The van der Waals surface area contributed by atoms with Crippen LogP contribution in [0, 0.1) is 5.41 Å². The third kappa shape index (κ3) is 5.46. The molecule has 12 heteroatoms.